The molecule has 0 fully saturated rings. The van der Waals surface area contributed by atoms with Gasteiger partial charge in [0, 0.05) is 12.8 Å². The van der Waals surface area contributed by atoms with E-state index in [0.717, 1.165) is 77.0 Å². The normalized spacial score (nSPS) is 12.4. The molecule has 0 saturated heterocycles. The highest BCUT2D eigenvalue weighted by Crippen LogP contribution is 2.14. The van der Waals surface area contributed by atoms with Crippen LogP contribution in [0.2, 0.25) is 0 Å². The third-order valence-electron chi connectivity index (χ3n) is 4.89. The van der Waals surface area contributed by atoms with E-state index < -0.39 is 18.0 Å². The molecule has 8 heteroatoms. The summed E-state index contributed by atoms with van der Waals surface area (Å²) in [7, 11) is 0. The molecule has 0 aliphatic rings. The quantitative estimate of drug-likeness (QED) is 0.170. The monoisotopic (exact) mass is 448 g/mol. The molecular weight excluding hydrogens is 404 g/mol. The molecule has 0 spiro atoms. The molecule has 0 aromatic rings. The number of esters is 1. The molecule has 0 aliphatic carbocycles. The lowest BCUT2D eigenvalue weighted by atomic mass is 10.00. The number of carboxylic acids is 2. The second-order valence-electron chi connectivity index (χ2n) is 7.83. The second kappa shape index (κ2) is 23.0. The summed E-state index contributed by atoms with van der Waals surface area (Å²) in [6.45, 7) is 3.54. The van der Waals surface area contributed by atoms with Crippen molar-refractivity contribution in [2.24, 2.45) is 5.92 Å². The van der Waals surface area contributed by atoms with Gasteiger partial charge in [-0.2, -0.15) is 0 Å². The van der Waals surface area contributed by atoms with Crippen LogP contribution in [0.3, 0.4) is 0 Å². The zero-order valence-electron chi connectivity index (χ0n) is 19.4. The Labute approximate surface area is 187 Å². The van der Waals surface area contributed by atoms with Crippen LogP contribution in [-0.4, -0.2) is 57.7 Å². The molecule has 0 saturated carbocycles. The number of hydrogen-bond donors (Lipinski definition) is 4. The van der Waals surface area contributed by atoms with E-state index in [1.165, 1.54) is 0 Å². The molecule has 0 aliphatic heterocycles. The summed E-state index contributed by atoms with van der Waals surface area (Å²) < 4.78 is 4.90. The van der Waals surface area contributed by atoms with Gasteiger partial charge >= 0.3 is 17.9 Å². The number of rotatable bonds is 19. The Morgan fingerprint density at radius 3 is 1.58 bits per heavy atom. The number of aliphatic hydroxyl groups is 2. The first-order chi connectivity index (χ1) is 14.8. The van der Waals surface area contributed by atoms with E-state index >= 15 is 0 Å². The van der Waals surface area contributed by atoms with Gasteiger partial charge in [-0.15, -0.1) is 0 Å². The Bertz CT molecular complexity index is 431. The number of carbonyl (C=O) groups excluding carboxylic acids is 1. The van der Waals surface area contributed by atoms with Crippen molar-refractivity contribution >= 4 is 17.9 Å². The second-order valence-corrected chi connectivity index (χ2v) is 7.83. The van der Waals surface area contributed by atoms with E-state index in [2.05, 4.69) is 6.92 Å². The number of aliphatic hydroxyl groups excluding tert-OH is 2. The van der Waals surface area contributed by atoms with Crippen LogP contribution in [0.1, 0.15) is 104 Å². The first kappa shape index (κ1) is 31.5. The van der Waals surface area contributed by atoms with Crippen molar-refractivity contribution in [3.05, 3.63) is 0 Å². The molecule has 8 nitrogen and oxygen atoms in total. The SMILES string of the molecule is CCCCC(CC)C(=O)OCC(O)CO.O=C(O)CCCCCCCCCCC(=O)O. The van der Waals surface area contributed by atoms with Gasteiger partial charge < -0.3 is 25.2 Å². The maximum atomic E-state index is 11.5. The van der Waals surface area contributed by atoms with E-state index in [0.29, 0.717) is 0 Å². The molecule has 0 radical (unpaired) electrons. The Balaban J connectivity index is 0. The lowest BCUT2D eigenvalue weighted by molar-refractivity contribution is -0.152. The van der Waals surface area contributed by atoms with Crippen molar-refractivity contribution in [2.45, 2.75) is 110 Å². The van der Waals surface area contributed by atoms with Crippen molar-refractivity contribution in [3.8, 4) is 0 Å². The number of hydrogen-bond acceptors (Lipinski definition) is 6. The molecule has 0 aromatic heterocycles. The summed E-state index contributed by atoms with van der Waals surface area (Å²) in [6.07, 6.45) is 11.2. The van der Waals surface area contributed by atoms with Gasteiger partial charge in [0.15, 0.2) is 0 Å². The minimum atomic E-state index is -0.961. The fraction of sp³-hybridized carbons (Fsp3) is 0.870. The van der Waals surface area contributed by atoms with Crippen LogP contribution in [0, 0.1) is 5.92 Å². The maximum Gasteiger partial charge on any atom is 0.309 e. The van der Waals surface area contributed by atoms with Gasteiger partial charge in [-0.05, 0) is 25.7 Å². The van der Waals surface area contributed by atoms with Gasteiger partial charge in [0.2, 0.25) is 0 Å². The smallest absolute Gasteiger partial charge is 0.309 e. The first-order valence-corrected chi connectivity index (χ1v) is 11.7. The Morgan fingerprint density at radius 1 is 0.774 bits per heavy atom. The fourth-order valence-electron chi connectivity index (χ4n) is 2.90. The summed E-state index contributed by atoms with van der Waals surface area (Å²) in [5.74, 6) is -1.77. The van der Waals surface area contributed by atoms with Crippen LogP contribution in [0.4, 0.5) is 0 Å². The van der Waals surface area contributed by atoms with E-state index in [4.69, 9.17) is 25.2 Å². The Morgan fingerprint density at radius 2 is 1.23 bits per heavy atom. The van der Waals surface area contributed by atoms with Crippen molar-refractivity contribution in [1.29, 1.82) is 0 Å². The number of ether oxygens (including phenoxy) is 1. The van der Waals surface area contributed by atoms with E-state index in [-0.39, 0.29) is 37.9 Å². The Kier molecular flexibility index (Phi) is 23.4. The minimum absolute atomic E-state index is 0.0733. The number of carbonyl (C=O) groups is 3. The molecule has 0 rings (SSSR count). The molecule has 0 heterocycles. The van der Waals surface area contributed by atoms with Crippen molar-refractivity contribution in [2.75, 3.05) is 13.2 Å². The zero-order valence-corrected chi connectivity index (χ0v) is 19.4. The highest BCUT2D eigenvalue weighted by atomic mass is 16.5. The van der Waals surface area contributed by atoms with Gasteiger partial charge in [-0.3, -0.25) is 14.4 Å². The molecular formula is C23H44O8. The maximum absolute atomic E-state index is 11.5. The third kappa shape index (κ3) is 24.5. The standard InChI is InChI=1S/C12H22O4.C11H22O4/c13-11(14)9-7-5-3-1-2-4-6-8-10-12(15)16;1-3-5-6-9(4-2)11(14)15-8-10(13)7-12/h1-10H2,(H,13,14)(H,15,16);9-10,12-13H,3-8H2,1-2H3. The average Bonchev–Trinajstić information content (AvgIpc) is 2.73. The van der Waals surface area contributed by atoms with Crippen LogP contribution in [-0.2, 0) is 19.1 Å². The molecule has 184 valence electrons. The lowest BCUT2D eigenvalue weighted by Crippen LogP contribution is -2.25. The molecule has 2 atom stereocenters. The molecule has 0 amide bonds. The van der Waals surface area contributed by atoms with E-state index in [1.807, 2.05) is 6.92 Å². The number of carboxylic acid groups (broad SMARTS) is 2. The predicted octanol–water partition coefficient (Wildman–Crippen LogP) is 4.16. The Hall–Kier alpha value is -1.67. The zero-order chi connectivity index (χ0) is 23.9. The van der Waals surface area contributed by atoms with Gasteiger partial charge in [0.05, 0.1) is 12.5 Å². The molecule has 4 N–H and O–H groups in total. The summed E-state index contributed by atoms with van der Waals surface area (Å²) in [4.78, 5) is 31.9. The van der Waals surface area contributed by atoms with Gasteiger partial charge in [-0.1, -0.05) is 65.2 Å². The number of aliphatic carboxylic acids is 2. The van der Waals surface area contributed by atoms with Crippen molar-refractivity contribution in [3.63, 3.8) is 0 Å². The topological polar surface area (TPSA) is 141 Å². The van der Waals surface area contributed by atoms with Crippen LogP contribution in [0.25, 0.3) is 0 Å². The van der Waals surface area contributed by atoms with Crippen LogP contribution in [0.15, 0.2) is 0 Å². The minimum Gasteiger partial charge on any atom is -0.481 e. The van der Waals surface area contributed by atoms with Gasteiger partial charge in [-0.25, -0.2) is 0 Å². The van der Waals surface area contributed by atoms with Crippen molar-refractivity contribution < 1.29 is 39.5 Å². The molecule has 0 aromatic carbocycles. The van der Waals surface area contributed by atoms with E-state index in [1.54, 1.807) is 0 Å². The fourth-order valence-corrected chi connectivity index (χ4v) is 2.90. The van der Waals surface area contributed by atoms with Gasteiger partial charge in [0.1, 0.15) is 12.7 Å². The predicted molar refractivity (Wildman–Crippen MR) is 119 cm³/mol. The summed E-state index contributed by atoms with van der Waals surface area (Å²) >= 11 is 0. The molecule has 0 bridgehead atoms. The summed E-state index contributed by atoms with van der Waals surface area (Å²) in [5, 5.41) is 34.4. The van der Waals surface area contributed by atoms with Crippen molar-refractivity contribution in [1.82, 2.24) is 0 Å². The van der Waals surface area contributed by atoms with Crippen LogP contribution < -0.4 is 0 Å². The molecule has 2 unspecified atom stereocenters. The van der Waals surface area contributed by atoms with E-state index in [9.17, 15) is 14.4 Å². The molecule has 31 heavy (non-hydrogen) atoms. The highest BCUT2D eigenvalue weighted by Gasteiger charge is 2.18. The van der Waals surface area contributed by atoms with Crippen LogP contribution >= 0.6 is 0 Å². The van der Waals surface area contributed by atoms with Crippen LogP contribution in [0.5, 0.6) is 0 Å². The number of unbranched alkanes of at least 4 members (excludes halogenated alkanes) is 8. The summed E-state index contributed by atoms with van der Waals surface area (Å²) in [6, 6.07) is 0. The largest absolute Gasteiger partial charge is 0.481 e. The first-order valence-electron chi connectivity index (χ1n) is 11.7. The average molecular weight is 449 g/mol. The lowest BCUT2D eigenvalue weighted by Gasteiger charge is -2.15. The summed E-state index contributed by atoms with van der Waals surface area (Å²) in [5.41, 5.74) is 0. The third-order valence-corrected chi connectivity index (χ3v) is 4.89. The highest BCUT2D eigenvalue weighted by molar-refractivity contribution is 5.72. The van der Waals surface area contributed by atoms with Gasteiger partial charge in [0.25, 0.3) is 0 Å².